The molecule has 0 aromatic heterocycles. The fourth-order valence-corrected chi connectivity index (χ4v) is 3.70. The van der Waals surface area contributed by atoms with E-state index in [1.54, 1.807) is 0 Å². The Bertz CT molecular complexity index is 1040. The molecule has 0 amide bonds. The van der Waals surface area contributed by atoms with E-state index in [1.165, 1.54) is 32.7 Å². The topological polar surface area (TPSA) is 9.23 Å². The highest BCUT2D eigenvalue weighted by Crippen LogP contribution is 2.36. The first-order chi connectivity index (χ1) is 13.2. The molecule has 2 heteroatoms. The molecule has 0 atom stereocenters. The summed E-state index contributed by atoms with van der Waals surface area (Å²) in [5.41, 5.74) is 2.50. The molecule has 0 aliphatic rings. The number of hydrogen-bond donors (Lipinski definition) is 0. The monoisotopic (exact) mass is 370 g/mol. The number of benzene rings is 4. The number of rotatable bonds is 6. The zero-order valence-corrected chi connectivity index (χ0v) is 16.3. The molecule has 0 N–H and O–H groups in total. The van der Waals surface area contributed by atoms with E-state index in [0.717, 1.165) is 23.5 Å². The summed E-state index contributed by atoms with van der Waals surface area (Å²) in [7, 11) is 0. The van der Waals surface area contributed by atoms with E-state index in [9.17, 15) is 0 Å². The average Bonchev–Trinajstić information content (AvgIpc) is 2.70. The molecular formula is C25H22OS. The Kier molecular flexibility index (Phi) is 5.17. The summed E-state index contributed by atoms with van der Waals surface area (Å²) >= 11 is 5.12. The van der Waals surface area contributed by atoms with E-state index in [-0.39, 0.29) is 0 Å². The Labute approximate surface area is 165 Å². The Morgan fingerprint density at radius 3 is 2.00 bits per heavy atom. The van der Waals surface area contributed by atoms with Crippen LogP contribution in [-0.4, -0.2) is 11.5 Å². The molecule has 0 radical (unpaired) electrons. The summed E-state index contributed by atoms with van der Waals surface area (Å²) in [4.78, 5) is 1.04. The SMILES string of the molecule is CC(=S)CCCOc1ccc(-c2c3ccccc3cc3ccccc23)cc1. The van der Waals surface area contributed by atoms with Crippen LogP contribution >= 0.6 is 12.2 Å². The molecule has 134 valence electrons. The summed E-state index contributed by atoms with van der Waals surface area (Å²) < 4.78 is 5.86. The van der Waals surface area contributed by atoms with E-state index in [4.69, 9.17) is 17.0 Å². The largest absolute Gasteiger partial charge is 0.494 e. The van der Waals surface area contributed by atoms with Gasteiger partial charge in [-0.25, -0.2) is 0 Å². The molecule has 4 rings (SSSR count). The smallest absolute Gasteiger partial charge is 0.119 e. The third kappa shape index (κ3) is 3.86. The van der Waals surface area contributed by atoms with Gasteiger partial charge in [-0.1, -0.05) is 72.9 Å². The Hall–Kier alpha value is -2.71. The highest BCUT2D eigenvalue weighted by atomic mass is 32.1. The molecule has 0 aliphatic carbocycles. The van der Waals surface area contributed by atoms with Gasteiger partial charge in [-0.2, -0.15) is 0 Å². The predicted octanol–water partition coefficient (Wildman–Crippen LogP) is 7.21. The van der Waals surface area contributed by atoms with Crippen molar-refractivity contribution in [3.05, 3.63) is 78.9 Å². The lowest BCUT2D eigenvalue weighted by Crippen LogP contribution is -1.99. The van der Waals surface area contributed by atoms with Crippen molar-refractivity contribution >= 4 is 38.6 Å². The molecule has 0 bridgehead atoms. The van der Waals surface area contributed by atoms with Crippen molar-refractivity contribution in [2.75, 3.05) is 6.61 Å². The maximum atomic E-state index is 5.86. The third-order valence-electron chi connectivity index (χ3n) is 4.86. The molecule has 27 heavy (non-hydrogen) atoms. The van der Waals surface area contributed by atoms with Crippen molar-refractivity contribution in [1.82, 2.24) is 0 Å². The number of hydrogen-bond acceptors (Lipinski definition) is 2. The van der Waals surface area contributed by atoms with Crippen LogP contribution in [0.15, 0.2) is 78.9 Å². The van der Waals surface area contributed by atoms with Gasteiger partial charge >= 0.3 is 0 Å². The second-order valence-electron chi connectivity index (χ2n) is 6.87. The van der Waals surface area contributed by atoms with E-state index >= 15 is 0 Å². The molecule has 0 aliphatic heterocycles. The van der Waals surface area contributed by atoms with Crippen LogP contribution in [0.1, 0.15) is 19.8 Å². The molecule has 0 saturated carbocycles. The third-order valence-corrected chi connectivity index (χ3v) is 5.06. The predicted molar refractivity (Wildman–Crippen MR) is 120 cm³/mol. The standard InChI is InChI=1S/C25H22OS/c1-18(27)7-6-16-26-22-14-12-19(13-15-22)25-23-10-4-2-8-20(23)17-21-9-3-5-11-24(21)25/h2-5,8-15,17H,6-7,16H2,1H3. The van der Waals surface area contributed by atoms with Crippen LogP contribution in [0.25, 0.3) is 32.7 Å². The first-order valence-electron chi connectivity index (χ1n) is 9.35. The van der Waals surface area contributed by atoms with Crippen LogP contribution in [0.3, 0.4) is 0 Å². The zero-order valence-electron chi connectivity index (χ0n) is 15.4. The van der Waals surface area contributed by atoms with Crippen LogP contribution < -0.4 is 4.74 Å². The molecule has 0 heterocycles. The van der Waals surface area contributed by atoms with Gasteiger partial charge in [0.05, 0.1) is 6.61 Å². The van der Waals surface area contributed by atoms with Crippen LogP contribution in [0.2, 0.25) is 0 Å². The Balaban J connectivity index is 1.70. The minimum absolute atomic E-state index is 0.699. The van der Waals surface area contributed by atoms with Crippen LogP contribution in [0, 0.1) is 0 Å². The summed E-state index contributed by atoms with van der Waals surface area (Å²) in [5.74, 6) is 0.908. The lowest BCUT2D eigenvalue weighted by atomic mass is 9.92. The summed E-state index contributed by atoms with van der Waals surface area (Å²) in [6.45, 7) is 2.68. The molecule has 0 unspecified atom stereocenters. The fraction of sp³-hybridized carbons (Fsp3) is 0.160. The van der Waals surface area contributed by atoms with Crippen LogP contribution in [0.5, 0.6) is 5.75 Å². The molecular weight excluding hydrogens is 348 g/mol. The number of ether oxygens (including phenoxy) is 1. The van der Waals surface area contributed by atoms with Gasteiger partial charge in [-0.05, 0) is 75.5 Å². The lowest BCUT2D eigenvalue weighted by Gasteiger charge is -2.13. The van der Waals surface area contributed by atoms with Crippen molar-refractivity contribution in [2.45, 2.75) is 19.8 Å². The van der Waals surface area contributed by atoms with Gasteiger partial charge in [-0.3, -0.25) is 0 Å². The number of fused-ring (bicyclic) bond motifs is 2. The average molecular weight is 371 g/mol. The van der Waals surface area contributed by atoms with E-state index in [0.29, 0.717) is 6.61 Å². The summed E-state index contributed by atoms with van der Waals surface area (Å²) in [6, 6.07) is 27.9. The highest BCUT2D eigenvalue weighted by molar-refractivity contribution is 7.80. The van der Waals surface area contributed by atoms with Gasteiger partial charge in [0.15, 0.2) is 0 Å². The second-order valence-corrected chi connectivity index (χ2v) is 7.57. The van der Waals surface area contributed by atoms with Gasteiger partial charge in [0.25, 0.3) is 0 Å². The van der Waals surface area contributed by atoms with Gasteiger partial charge in [0, 0.05) is 0 Å². The van der Waals surface area contributed by atoms with Gasteiger partial charge in [0.1, 0.15) is 5.75 Å². The lowest BCUT2D eigenvalue weighted by molar-refractivity contribution is 0.314. The van der Waals surface area contributed by atoms with Crippen molar-refractivity contribution in [3.63, 3.8) is 0 Å². The van der Waals surface area contributed by atoms with Gasteiger partial charge < -0.3 is 4.74 Å². The molecule has 0 fully saturated rings. The minimum Gasteiger partial charge on any atom is -0.494 e. The normalized spacial score (nSPS) is 11.0. The molecule has 4 aromatic carbocycles. The molecule has 0 saturated heterocycles. The summed E-state index contributed by atoms with van der Waals surface area (Å²) in [5, 5.41) is 5.09. The van der Waals surface area contributed by atoms with Crippen LogP contribution in [-0.2, 0) is 0 Å². The van der Waals surface area contributed by atoms with Crippen molar-refractivity contribution in [1.29, 1.82) is 0 Å². The van der Waals surface area contributed by atoms with Crippen molar-refractivity contribution in [3.8, 4) is 16.9 Å². The first kappa shape index (κ1) is 17.7. The van der Waals surface area contributed by atoms with Crippen molar-refractivity contribution in [2.24, 2.45) is 0 Å². The Morgan fingerprint density at radius 2 is 1.41 bits per heavy atom. The van der Waals surface area contributed by atoms with E-state index < -0.39 is 0 Å². The quantitative estimate of drug-likeness (QED) is 0.201. The van der Waals surface area contributed by atoms with E-state index in [2.05, 4.69) is 78.9 Å². The van der Waals surface area contributed by atoms with E-state index in [1.807, 2.05) is 6.92 Å². The van der Waals surface area contributed by atoms with Crippen LogP contribution in [0.4, 0.5) is 0 Å². The molecule has 1 nitrogen and oxygen atoms in total. The first-order valence-corrected chi connectivity index (χ1v) is 9.76. The molecule has 0 spiro atoms. The zero-order chi connectivity index (χ0) is 18.6. The summed E-state index contributed by atoms with van der Waals surface area (Å²) in [6.07, 6.45) is 1.90. The second kappa shape index (κ2) is 7.89. The number of thiocarbonyl (C=S) groups is 1. The fourth-order valence-electron chi connectivity index (χ4n) is 3.55. The Morgan fingerprint density at radius 1 is 0.815 bits per heavy atom. The highest BCUT2D eigenvalue weighted by Gasteiger charge is 2.09. The minimum atomic E-state index is 0.699. The van der Waals surface area contributed by atoms with Gasteiger partial charge in [-0.15, -0.1) is 0 Å². The van der Waals surface area contributed by atoms with Gasteiger partial charge in [0.2, 0.25) is 0 Å². The molecule has 4 aromatic rings. The maximum absolute atomic E-state index is 5.86. The van der Waals surface area contributed by atoms with Crippen molar-refractivity contribution < 1.29 is 4.74 Å². The maximum Gasteiger partial charge on any atom is 0.119 e.